The summed E-state index contributed by atoms with van der Waals surface area (Å²) in [6, 6.07) is 3.37. The molecule has 10 heteroatoms. The van der Waals surface area contributed by atoms with Crippen molar-refractivity contribution in [2.45, 2.75) is 18.8 Å². The van der Waals surface area contributed by atoms with Crippen molar-refractivity contribution >= 4 is 35.1 Å². The van der Waals surface area contributed by atoms with Gasteiger partial charge in [0.1, 0.15) is 0 Å². The number of nitrogens with one attached hydrogen (secondary N) is 1. The minimum absolute atomic E-state index is 0.151. The quantitative estimate of drug-likeness (QED) is 0.639. The van der Waals surface area contributed by atoms with Gasteiger partial charge in [-0.3, -0.25) is 4.79 Å². The molecule has 1 atom stereocenters. The number of hydrogen-bond acceptors (Lipinski definition) is 4. The first kappa shape index (κ1) is 18.5. The van der Waals surface area contributed by atoms with E-state index in [-0.39, 0.29) is 10.0 Å². The Bertz CT molecular complexity index is 594. The highest BCUT2D eigenvalue weighted by atomic mass is 35.5. The Balaban J connectivity index is 3.14. The van der Waals surface area contributed by atoms with Crippen molar-refractivity contribution in [2.75, 3.05) is 6.61 Å². The topological polar surface area (TPSA) is 75.6 Å². The van der Waals surface area contributed by atoms with Crippen LogP contribution in [0.3, 0.4) is 0 Å². The molecule has 0 fully saturated rings. The van der Waals surface area contributed by atoms with E-state index in [1.807, 2.05) is 0 Å². The molecule has 0 saturated heterocycles. The first-order valence-corrected chi connectivity index (χ1v) is 6.52. The summed E-state index contributed by atoms with van der Waals surface area (Å²) in [5.41, 5.74) is -4.60. The van der Waals surface area contributed by atoms with Gasteiger partial charge in [-0.25, -0.2) is 4.79 Å². The molecule has 2 N–H and O–H groups in total. The molecule has 1 amide bonds. The van der Waals surface area contributed by atoms with Gasteiger partial charge in [0.2, 0.25) is 0 Å². The number of ether oxygens (including phenoxy) is 1. The summed E-state index contributed by atoms with van der Waals surface area (Å²) < 4.78 is 42.8. The van der Waals surface area contributed by atoms with Gasteiger partial charge in [0.25, 0.3) is 5.91 Å². The second kappa shape index (κ2) is 6.72. The Morgan fingerprint density at radius 2 is 1.91 bits per heavy atom. The lowest BCUT2D eigenvalue weighted by molar-refractivity contribution is -0.269. The first-order chi connectivity index (χ1) is 10.0. The molecule has 22 heavy (non-hydrogen) atoms. The van der Waals surface area contributed by atoms with Gasteiger partial charge in [0, 0.05) is 5.02 Å². The van der Waals surface area contributed by atoms with Gasteiger partial charge in [0.05, 0.1) is 17.2 Å². The van der Waals surface area contributed by atoms with Crippen LogP contribution in [0.1, 0.15) is 17.3 Å². The normalized spacial score (nSPS) is 14.1. The largest absolute Gasteiger partial charge is 0.462 e. The lowest BCUT2D eigenvalue weighted by atomic mass is 10.1. The van der Waals surface area contributed by atoms with Crippen molar-refractivity contribution in [3.8, 4) is 0 Å². The standard InChI is InChI=1S/C12H10Cl2F3NO4/c1-2-22-10(20)11(21,12(15,16)17)18-9(19)7-4-3-6(13)5-8(7)14/h3-5,21H,2H2,1H3,(H,18,19). The molecule has 0 spiro atoms. The van der Waals surface area contributed by atoms with Gasteiger partial charge in [-0.2, -0.15) is 13.2 Å². The zero-order valence-corrected chi connectivity index (χ0v) is 12.5. The average molecular weight is 360 g/mol. The molecule has 1 unspecified atom stereocenters. The van der Waals surface area contributed by atoms with Crippen molar-refractivity contribution in [1.82, 2.24) is 5.32 Å². The van der Waals surface area contributed by atoms with Crippen LogP contribution < -0.4 is 5.32 Å². The van der Waals surface area contributed by atoms with E-state index in [0.717, 1.165) is 12.1 Å². The average Bonchev–Trinajstić information content (AvgIpc) is 2.37. The third-order valence-electron chi connectivity index (χ3n) is 2.45. The summed E-state index contributed by atoms with van der Waals surface area (Å²) in [6.45, 7) is 0.821. The van der Waals surface area contributed by atoms with Gasteiger partial charge in [-0.1, -0.05) is 23.2 Å². The summed E-state index contributed by atoms with van der Waals surface area (Å²) >= 11 is 11.3. The van der Waals surface area contributed by atoms with Crippen molar-refractivity contribution in [3.63, 3.8) is 0 Å². The van der Waals surface area contributed by atoms with Crippen LogP contribution in [-0.2, 0) is 9.53 Å². The number of alkyl halides is 3. The summed E-state index contributed by atoms with van der Waals surface area (Å²) in [7, 11) is 0. The zero-order valence-electron chi connectivity index (χ0n) is 11.0. The van der Waals surface area contributed by atoms with Gasteiger partial charge in [-0.05, 0) is 25.1 Å². The molecule has 5 nitrogen and oxygen atoms in total. The van der Waals surface area contributed by atoms with Crippen LogP contribution in [0.15, 0.2) is 18.2 Å². The predicted molar refractivity (Wildman–Crippen MR) is 71.6 cm³/mol. The van der Waals surface area contributed by atoms with Crippen LogP contribution in [-0.4, -0.2) is 35.5 Å². The van der Waals surface area contributed by atoms with E-state index in [0.29, 0.717) is 0 Å². The Hall–Kier alpha value is -1.51. The van der Waals surface area contributed by atoms with Crippen LogP contribution in [0.4, 0.5) is 13.2 Å². The van der Waals surface area contributed by atoms with E-state index in [9.17, 15) is 27.9 Å². The molecular formula is C12H10Cl2F3NO4. The molecule has 0 aliphatic heterocycles. The molecule has 122 valence electrons. The molecule has 0 aliphatic rings. The smallest absolute Gasteiger partial charge is 0.448 e. The number of aliphatic hydroxyl groups is 1. The van der Waals surface area contributed by atoms with Gasteiger partial charge >= 0.3 is 17.9 Å². The number of carbonyl (C=O) groups is 2. The zero-order chi connectivity index (χ0) is 17.1. The van der Waals surface area contributed by atoms with Crippen molar-refractivity contribution < 1.29 is 32.6 Å². The van der Waals surface area contributed by atoms with Crippen LogP contribution in [0.2, 0.25) is 10.0 Å². The van der Waals surface area contributed by atoms with E-state index in [1.54, 1.807) is 0 Å². The number of benzene rings is 1. The Morgan fingerprint density at radius 1 is 1.32 bits per heavy atom. The van der Waals surface area contributed by atoms with E-state index >= 15 is 0 Å². The van der Waals surface area contributed by atoms with Crippen LogP contribution >= 0.6 is 23.2 Å². The van der Waals surface area contributed by atoms with Gasteiger partial charge in [0.15, 0.2) is 0 Å². The molecule has 0 radical (unpaired) electrons. The number of hydrogen-bond donors (Lipinski definition) is 2. The number of halogens is 5. The maximum Gasteiger partial charge on any atom is 0.448 e. The van der Waals surface area contributed by atoms with E-state index in [2.05, 4.69) is 4.74 Å². The SMILES string of the molecule is CCOC(=O)C(O)(NC(=O)c1ccc(Cl)cc1Cl)C(F)(F)F. The second-order valence-electron chi connectivity index (χ2n) is 4.01. The molecule has 0 heterocycles. The Morgan fingerprint density at radius 3 is 2.36 bits per heavy atom. The van der Waals surface area contributed by atoms with E-state index < -0.39 is 35.9 Å². The van der Waals surface area contributed by atoms with Crippen LogP contribution in [0.25, 0.3) is 0 Å². The molecule has 0 saturated carbocycles. The fraction of sp³-hybridized carbons (Fsp3) is 0.333. The number of amides is 1. The maximum atomic E-state index is 12.9. The summed E-state index contributed by atoms with van der Waals surface area (Å²) in [4.78, 5) is 23.2. The monoisotopic (exact) mass is 359 g/mol. The minimum atomic E-state index is -5.49. The number of carbonyl (C=O) groups excluding carboxylic acids is 2. The Labute approximate surface area is 133 Å². The maximum absolute atomic E-state index is 12.9. The van der Waals surface area contributed by atoms with Gasteiger partial charge < -0.3 is 15.2 Å². The first-order valence-electron chi connectivity index (χ1n) is 5.76. The summed E-state index contributed by atoms with van der Waals surface area (Å²) in [5.74, 6) is -3.48. The molecule has 0 aliphatic carbocycles. The highest BCUT2D eigenvalue weighted by Crippen LogP contribution is 2.30. The van der Waals surface area contributed by atoms with Crippen molar-refractivity contribution in [2.24, 2.45) is 0 Å². The van der Waals surface area contributed by atoms with E-state index in [1.165, 1.54) is 18.3 Å². The molecule has 1 aromatic rings. The molecule has 0 aromatic heterocycles. The third kappa shape index (κ3) is 3.82. The van der Waals surface area contributed by atoms with Crippen LogP contribution in [0, 0.1) is 0 Å². The second-order valence-corrected chi connectivity index (χ2v) is 4.85. The van der Waals surface area contributed by atoms with Gasteiger partial charge in [-0.15, -0.1) is 0 Å². The molecule has 0 bridgehead atoms. The predicted octanol–water partition coefficient (Wildman–Crippen LogP) is 2.54. The molecule has 1 aromatic carbocycles. The summed E-state index contributed by atoms with van der Waals surface area (Å²) in [6.07, 6.45) is -5.49. The van der Waals surface area contributed by atoms with Crippen LogP contribution in [0.5, 0.6) is 0 Å². The third-order valence-corrected chi connectivity index (χ3v) is 3.00. The number of esters is 1. The minimum Gasteiger partial charge on any atom is -0.462 e. The lowest BCUT2D eigenvalue weighted by Crippen LogP contribution is -2.64. The van der Waals surface area contributed by atoms with E-state index in [4.69, 9.17) is 23.2 Å². The van der Waals surface area contributed by atoms with Crippen molar-refractivity contribution in [1.29, 1.82) is 0 Å². The number of rotatable bonds is 4. The lowest BCUT2D eigenvalue weighted by Gasteiger charge is -2.28. The highest BCUT2D eigenvalue weighted by molar-refractivity contribution is 6.36. The fourth-order valence-corrected chi connectivity index (χ4v) is 1.87. The Kier molecular flexibility index (Phi) is 5.66. The van der Waals surface area contributed by atoms with Crippen molar-refractivity contribution in [3.05, 3.63) is 33.8 Å². The summed E-state index contributed by atoms with van der Waals surface area (Å²) in [5, 5.41) is 10.6. The fourth-order valence-electron chi connectivity index (χ4n) is 1.38. The molecular weight excluding hydrogens is 350 g/mol. The highest BCUT2D eigenvalue weighted by Gasteiger charge is 2.62. The molecule has 1 rings (SSSR count).